The van der Waals surface area contributed by atoms with Gasteiger partial charge in [-0.2, -0.15) is 0 Å². The van der Waals surface area contributed by atoms with E-state index in [4.69, 9.17) is 0 Å². The van der Waals surface area contributed by atoms with E-state index in [1.807, 2.05) is 37.3 Å². The molecule has 3 aromatic carbocycles. The van der Waals surface area contributed by atoms with Crippen LogP contribution in [0.2, 0.25) is 0 Å². The van der Waals surface area contributed by atoms with Gasteiger partial charge in [0.05, 0.1) is 4.90 Å². The summed E-state index contributed by atoms with van der Waals surface area (Å²) < 4.78 is 27.6. The lowest BCUT2D eigenvalue weighted by Gasteiger charge is -2.09. The maximum atomic E-state index is 12.5. The van der Waals surface area contributed by atoms with Gasteiger partial charge >= 0.3 is 0 Å². The summed E-state index contributed by atoms with van der Waals surface area (Å²) in [6.07, 6.45) is 0. The fourth-order valence-electron chi connectivity index (χ4n) is 2.88. The first-order chi connectivity index (χ1) is 12.5. The number of fused-ring (bicyclic) bond motifs is 1. The van der Waals surface area contributed by atoms with Gasteiger partial charge < -0.3 is 4.98 Å². The highest BCUT2D eigenvalue weighted by Gasteiger charge is 2.14. The van der Waals surface area contributed by atoms with E-state index < -0.39 is 10.0 Å². The molecule has 4 nitrogen and oxygen atoms in total. The number of H-pyrrole nitrogens is 1. The average molecular weight is 362 g/mol. The molecule has 0 spiro atoms. The fourth-order valence-corrected chi connectivity index (χ4v) is 3.94. The first-order valence-corrected chi connectivity index (χ1v) is 9.77. The van der Waals surface area contributed by atoms with Crippen molar-refractivity contribution in [3.63, 3.8) is 0 Å². The van der Waals surface area contributed by atoms with Crippen molar-refractivity contribution in [1.29, 1.82) is 0 Å². The number of hydrogen-bond donors (Lipinski definition) is 2. The van der Waals surface area contributed by atoms with Crippen LogP contribution in [0.1, 0.15) is 5.56 Å². The van der Waals surface area contributed by atoms with Crippen molar-refractivity contribution in [2.45, 2.75) is 11.8 Å². The first-order valence-electron chi connectivity index (χ1n) is 8.29. The zero-order valence-electron chi connectivity index (χ0n) is 14.2. The van der Waals surface area contributed by atoms with Gasteiger partial charge in [-0.3, -0.25) is 4.72 Å². The highest BCUT2D eigenvalue weighted by Crippen LogP contribution is 2.26. The van der Waals surface area contributed by atoms with Gasteiger partial charge in [0, 0.05) is 22.3 Å². The Bertz CT molecular complexity index is 1130. The van der Waals surface area contributed by atoms with Gasteiger partial charge in [-0.1, -0.05) is 48.0 Å². The molecule has 0 saturated heterocycles. The molecule has 0 bridgehead atoms. The van der Waals surface area contributed by atoms with Gasteiger partial charge in [-0.05, 0) is 48.9 Å². The number of aromatic amines is 1. The van der Waals surface area contributed by atoms with Gasteiger partial charge in [-0.25, -0.2) is 8.42 Å². The second-order valence-electron chi connectivity index (χ2n) is 6.27. The molecular formula is C21H18N2O2S. The van der Waals surface area contributed by atoms with E-state index in [1.165, 1.54) is 0 Å². The Labute approximate surface area is 152 Å². The molecule has 5 heteroatoms. The Morgan fingerprint density at radius 2 is 1.54 bits per heavy atom. The number of rotatable bonds is 4. The summed E-state index contributed by atoms with van der Waals surface area (Å²) in [6.45, 7) is 1.92. The van der Waals surface area contributed by atoms with Crippen LogP contribution in [-0.2, 0) is 10.0 Å². The van der Waals surface area contributed by atoms with Crippen LogP contribution < -0.4 is 4.72 Å². The summed E-state index contributed by atoms with van der Waals surface area (Å²) in [5.41, 5.74) is 4.63. The zero-order chi connectivity index (χ0) is 18.1. The van der Waals surface area contributed by atoms with E-state index in [1.54, 1.807) is 36.4 Å². The van der Waals surface area contributed by atoms with E-state index in [0.29, 0.717) is 5.69 Å². The fraction of sp³-hybridized carbons (Fsp3) is 0.0476. The number of aryl methyl sites for hydroxylation is 1. The molecule has 1 heterocycles. The summed E-state index contributed by atoms with van der Waals surface area (Å²) in [7, 11) is -3.59. The third kappa shape index (κ3) is 3.21. The number of hydrogen-bond acceptors (Lipinski definition) is 2. The number of sulfonamides is 1. The van der Waals surface area contributed by atoms with Crippen molar-refractivity contribution in [1.82, 2.24) is 4.98 Å². The van der Waals surface area contributed by atoms with Crippen molar-refractivity contribution in [2.75, 3.05) is 4.72 Å². The summed E-state index contributed by atoms with van der Waals surface area (Å²) in [5.74, 6) is 0. The van der Waals surface area contributed by atoms with E-state index in [9.17, 15) is 8.42 Å². The second kappa shape index (κ2) is 6.35. The van der Waals surface area contributed by atoms with Crippen LogP contribution in [-0.4, -0.2) is 13.4 Å². The third-order valence-corrected chi connectivity index (χ3v) is 5.71. The van der Waals surface area contributed by atoms with Crippen molar-refractivity contribution in [3.05, 3.63) is 84.4 Å². The normalized spacial score (nSPS) is 11.6. The molecule has 0 aliphatic carbocycles. The highest BCUT2D eigenvalue weighted by atomic mass is 32.2. The molecule has 0 aliphatic rings. The van der Waals surface area contributed by atoms with Crippen LogP contribution in [0, 0.1) is 6.92 Å². The monoisotopic (exact) mass is 362 g/mol. The minimum absolute atomic E-state index is 0.253. The van der Waals surface area contributed by atoms with E-state index in [-0.39, 0.29) is 4.90 Å². The van der Waals surface area contributed by atoms with E-state index in [0.717, 1.165) is 27.7 Å². The first kappa shape index (κ1) is 16.4. The van der Waals surface area contributed by atoms with Crippen molar-refractivity contribution < 1.29 is 8.42 Å². The minimum atomic E-state index is -3.59. The van der Waals surface area contributed by atoms with Gasteiger partial charge in [0.2, 0.25) is 0 Å². The number of benzene rings is 3. The Hall–Kier alpha value is -3.05. The molecule has 4 rings (SSSR count). The molecule has 26 heavy (non-hydrogen) atoms. The molecule has 0 amide bonds. The Morgan fingerprint density at radius 1 is 0.846 bits per heavy atom. The molecule has 0 aliphatic heterocycles. The molecule has 4 aromatic rings. The minimum Gasteiger partial charge on any atom is -0.355 e. The lowest BCUT2D eigenvalue weighted by Crippen LogP contribution is -2.12. The van der Waals surface area contributed by atoms with Crippen molar-refractivity contribution in [2.24, 2.45) is 0 Å². The molecule has 0 saturated carbocycles. The van der Waals surface area contributed by atoms with Gasteiger partial charge in [0.15, 0.2) is 0 Å². The third-order valence-electron chi connectivity index (χ3n) is 4.31. The van der Waals surface area contributed by atoms with Gasteiger partial charge in [0.1, 0.15) is 0 Å². The molecule has 130 valence electrons. The Balaban J connectivity index is 1.58. The predicted molar refractivity (Wildman–Crippen MR) is 106 cm³/mol. The average Bonchev–Trinajstić information content (AvgIpc) is 3.06. The molecule has 0 atom stereocenters. The molecular weight excluding hydrogens is 344 g/mol. The van der Waals surface area contributed by atoms with Crippen molar-refractivity contribution in [3.8, 4) is 11.3 Å². The van der Waals surface area contributed by atoms with Crippen LogP contribution in [0.3, 0.4) is 0 Å². The largest absolute Gasteiger partial charge is 0.355 e. The molecule has 2 N–H and O–H groups in total. The van der Waals surface area contributed by atoms with E-state index >= 15 is 0 Å². The van der Waals surface area contributed by atoms with Gasteiger partial charge in [0.25, 0.3) is 10.0 Å². The molecule has 1 aromatic heterocycles. The predicted octanol–water partition coefficient (Wildman–Crippen LogP) is 4.94. The van der Waals surface area contributed by atoms with Crippen LogP contribution in [0.4, 0.5) is 5.69 Å². The van der Waals surface area contributed by atoms with Crippen LogP contribution in [0.5, 0.6) is 0 Å². The Morgan fingerprint density at radius 3 is 2.23 bits per heavy atom. The maximum Gasteiger partial charge on any atom is 0.261 e. The molecule has 0 unspecified atom stereocenters. The highest BCUT2D eigenvalue weighted by molar-refractivity contribution is 7.92. The zero-order valence-corrected chi connectivity index (χ0v) is 15.0. The molecule has 0 fully saturated rings. The summed E-state index contributed by atoms with van der Waals surface area (Å²) in [5, 5.41) is 1.15. The summed E-state index contributed by atoms with van der Waals surface area (Å²) in [4.78, 5) is 3.62. The van der Waals surface area contributed by atoms with E-state index in [2.05, 4.69) is 21.8 Å². The standard InChI is InChI=1S/C21H18N2O2S/c1-15-6-12-19(13-7-15)26(24,25)23-18-10-8-16(9-11-18)21-14-17-4-2-3-5-20(17)22-21/h2-14,22-23H,1H3. The van der Waals surface area contributed by atoms with Crippen LogP contribution in [0.15, 0.2) is 83.8 Å². The molecule has 0 radical (unpaired) electrons. The quantitative estimate of drug-likeness (QED) is 0.540. The lowest BCUT2D eigenvalue weighted by atomic mass is 10.1. The smallest absolute Gasteiger partial charge is 0.261 e. The van der Waals surface area contributed by atoms with Crippen LogP contribution in [0.25, 0.3) is 22.2 Å². The second-order valence-corrected chi connectivity index (χ2v) is 7.95. The summed E-state index contributed by atoms with van der Waals surface area (Å²) in [6, 6.07) is 24.3. The lowest BCUT2D eigenvalue weighted by molar-refractivity contribution is 0.601. The van der Waals surface area contributed by atoms with Crippen molar-refractivity contribution >= 4 is 26.6 Å². The number of aromatic nitrogens is 1. The Kier molecular flexibility index (Phi) is 4.01. The van der Waals surface area contributed by atoms with Gasteiger partial charge in [-0.15, -0.1) is 0 Å². The maximum absolute atomic E-state index is 12.5. The number of para-hydroxylation sites is 1. The van der Waals surface area contributed by atoms with Crippen LogP contribution >= 0.6 is 0 Å². The number of nitrogens with one attached hydrogen (secondary N) is 2. The number of anilines is 1. The SMILES string of the molecule is Cc1ccc(S(=O)(=O)Nc2ccc(-c3cc4ccccc4[nH]3)cc2)cc1. The summed E-state index contributed by atoms with van der Waals surface area (Å²) >= 11 is 0. The topological polar surface area (TPSA) is 62.0 Å².